The van der Waals surface area contributed by atoms with Crippen LogP contribution in [0.1, 0.15) is 22.8 Å². The predicted octanol–water partition coefficient (Wildman–Crippen LogP) is 2.15. The van der Waals surface area contributed by atoms with Gasteiger partial charge in [-0.05, 0) is 48.9 Å². The number of aliphatic hydroxyl groups excluding tert-OH is 1. The number of aliphatic hydroxyl groups is 1. The van der Waals surface area contributed by atoms with Crippen molar-refractivity contribution in [1.29, 1.82) is 0 Å². The van der Waals surface area contributed by atoms with E-state index in [0.29, 0.717) is 27.7 Å². The number of nitrogens with one attached hydrogen (secondary N) is 2. The van der Waals surface area contributed by atoms with E-state index in [1.165, 1.54) is 30.5 Å². The number of pyridine rings is 1. The van der Waals surface area contributed by atoms with Gasteiger partial charge < -0.3 is 10.4 Å². The lowest BCUT2D eigenvalue weighted by Gasteiger charge is -2.12. The molecule has 34 heavy (non-hydrogen) atoms. The molecule has 1 unspecified atom stereocenters. The van der Waals surface area contributed by atoms with Crippen LogP contribution in [0.25, 0.3) is 16.6 Å². The highest BCUT2D eigenvalue weighted by atomic mass is 32.2. The Balaban J connectivity index is 1.48. The summed E-state index contributed by atoms with van der Waals surface area (Å²) in [5.74, 6) is -0.730. The summed E-state index contributed by atoms with van der Waals surface area (Å²) in [6.07, 6.45) is 4.57. The zero-order valence-electron chi connectivity index (χ0n) is 18.1. The Kier molecular flexibility index (Phi) is 6.68. The number of amides is 1. The first-order valence-electron chi connectivity index (χ1n) is 10.4. The quantitative estimate of drug-likeness (QED) is 0.353. The first-order chi connectivity index (χ1) is 16.3. The first kappa shape index (κ1) is 23.5. The van der Waals surface area contributed by atoms with Crippen molar-refractivity contribution in [2.24, 2.45) is 0 Å². The monoisotopic (exact) mass is 483 g/mol. The Morgan fingerprint density at radius 2 is 1.79 bits per heavy atom. The molecule has 0 saturated carbocycles. The third-order valence-corrected chi connectivity index (χ3v) is 6.74. The van der Waals surface area contributed by atoms with Gasteiger partial charge in [-0.2, -0.15) is 5.10 Å². The molecule has 2 aromatic heterocycles. The van der Waals surface area contributed by atoms with Gasteiger partial charge in [0.2, 0.25) is 10.0 Å². The van der Waals surface area contributed by atoms with Crippen LogP contribution in [-0.4, -0.2) is 46.8 Å². The van der Waals surface area contributed by atoms with E-state index in [9.17, 15) is 17.6 Å². The van der Waals surface area contributed by atoms with Gasteiger partial charge in [0, 0.05) is 24.2 Å². The first-order valence-corrected chi connectivity index (χ1v) is 11.8. The molecule has 0 bridgehead atoms. The molecule has 4 aromatic rings. The van der Waals surface area contributed by atoms with E-state index in [1.807, 2.05) is 0 Å². The minimum Gasteiger partial charge on any atom is -0.395 e. The summed E-state index contributed by atoms with van der Waals surface area (Å²) in [6, 6.07) is 11.3. The number of halogens is 1. The molecule has 11 heteroatoms. The van der Waals surface area contributed by atoms with E-state index in [2.05, 4.69) is 20.1 Å². The van der Waals surface area contributed by atoms with Crippen LogP contribution in [0.2, 0.25) is 0 Å². The van der Waals surface area contributed by atoms with Crippen LogP contribution in [0.3, 0.4) is 0 Å². The summed E-state index contributed by atoms with van der Waals surface area (Å²) in [7, 11) is -3.75. The Morgan fingerprint density at radius 1 is 1.09 bits per heavy atom. The molecule has 0 aliphatic carbocycles. The normalized spacial score (nSPS) is 12.6. The van der Waals surface area contributed by atoms with Crippen molar-refractivity contribution in [2.75, 3.05) is 6.61 Å². The number of hydrogen-bond donors (Lipinski definition) is 3. The van der Waals surface area contributed by atoms with Crippen LogP contribution >= 0.6 is 0 Å². The fraction of sp³-hybridized carbons (Fsp3) is 0.174. The number of nitrogens with zero attached hydrogens (tertiary/aromatic N) is 3. The van der Waals surface area contributed by atoms with Crippen LogP contribution < -0.4 is 10.0 Å². The molecule has 2 aromatic carbocycles. The van der Waals surface area contributed by atoms with Crippen molar-refractivity contribution in [3.63, 3.8) is 0 Å². The van der Waals surface area contributed by atoms with Crippen LogP contribution in [-0.2, 0) is 16.6 Å². The van der Waals surface area contributed by atoms with Crippen LogP contribution in [0.15, 0.2) is 72.0 Å². The van der Waals surface area contributed by atoms with Crippen molar-refractivity contribution >= 4 is 26.8 Å². The Bertz CT molecular complexity index is 1420. The molecule has 0 spiro atoms. The van der Waals surface area contributed by atoms with Crippen molar-refractivity contribution in [3.05, 3.63) is 84.1 Å². The molecule has 176 valence electrons. The lowest BCUT2D eigenvalue weighted by Crippen LogP contribution is -2.35. The van der Waals surface area contributed by atoms with Gasteiger partial charge in [0.05, 0.1) is 40.7 Å². The number of fused-ring (bicyclic) bond motifs is 1. The number of carbonyl (C=O) groups is 1. The lowest BCUT2D eigenvalue weighted by atomic mass is 10.1. The summed E-state index contributed by atoms with van der Waals surface area (Å²) in [5.41, 5.74) is 2.25. The molecule has 4 rings (SSSR count). The largest absolute Gasteiger partial charge is 0.395 e. The van der Waals surface area contributed by atoms with Gasteiger partial charge in [0.15, 0.2) is 0 Å². The molecule has 0 radical (unpaired) electrons. The van der Waals surface area contributed by atoms with Gasteiger partial charge in [-0.1, -0.05) is 12.1 Å². The highest BCUT2D eigenvalue weighted by Gasteiger charge is 2.17. The molecule has 9 nitrogen and oxygen atoms in total. The second kappa shape index (κ2) is 9.67. The van der Waals surface area contributed by atoms with E-state index in [4.69, 9.17) is 5.11 Å². The molecular formula is C23H22FN5O4S. The zero-order chi connectivity index (χ0) is 24.3. The van der Waals surface area contributed by atoms with E-state index in [0.717, 1.165) is 0 Å². The summed E-state index contributed by atoms with van der Waals surface area (Å²) in [6.45, 7) is 1.41. The number of sulfonamides is 1. The van der Waals surface area contributed by atoms with Gasteiger partial charge in [0.1, 0.15) is 5.82 Å². The average molecular weight is 484 g/mol. The maximum atomic E-state index is 13.2. The van der Waals surface area contributed by atoms with Gasteiger partial charge in [-0.15, -0.1) is 0 Å². The average Bonchev–Trinajstić information content (AvgIpc) is 3.27. The second-order valence-electron chi connectivity index (χ2n) is 7.68. The Morgan fingerprint density at radius 3 is 2.47 bits per heavy atom. The van der Waals surface area contributed by atoms with E-state index < -0.39 is 16.1 Å². The molecular weight excluding hydrogens is 461 g/mol. The van der Waals surface area contributed by atoms with E-state index >= 15 is 0 Å². The fourth-order valence-electron chi connectivity index (χ4n) is 3.34. The number of rotatable bonds is 8. The van der Waals surface area contributed by atoms with Gasteiger partial charge in [0.25, 0.3) is 5.91 Å². The standard InChI is InChI=1S/C23H22FN5O4S/c1-15(14-30)28-34(32,33)19-8-2-16(3-9-19)10-26-23(31)21-11-25-13-22-20(21)12-27-29(22)18-6-4-17(24)5-7-18/h2-9,11-13,15,28,30H,10,14H2,1H3,(H,26,31). The van der Waals surface area contributed by atoms with Crippen LogP contribution in [0.4, 0.5) is 4.39 Å². The molecule has 3 N–H and O–H groups in total. The molecule has 1 atom stereocenters. The molecule has 2 heterocycles. The fourth-order valence-corrected chi connectivity index (χ4v) is 4.58. The zero-order valence-corrected chi connectivity index (χ0v) is 19.0. The highest BCUT2D eigenvalue weighted by Crippen LogP contribution is 2.21. The topological polar surface area (TPSA) is 126 Å². The van der Waals surface area contributed by atoms with Gasteiger partial charge in [-0.25, -0.2) is 22.2 Å². The number of hydrogen-bond acceptors (Lipinski definition) is 6. The van der Waals surface area contributed by atoms with Crippen molar-refractivity contribution in [2.45, 2.75) is 24.4 Å². The number of carbonyl (C=O) groups excluding carboxylic acids is 1. The van der Waals surface area contributed by atoms with E-state index in [-0.39, 0.29) is 29.8 Å². The third kappa shape index (κ3) is 4.96. The molecule has 1 amide bonds. The van der Waals surface area contributed by atoms with Crippen LogP contribution in [0.5, 0.6) is 0 Å². The minimum atomic E-state index is -3.75. The summed E-state index contributed by atoms with van der Waals surface area (Å²) in [5, 5.41) is 16.7. The van der Waals surface area contributed by atoms with Crippen molar-refractivity contribution < 1.29 is 22.7 Å². The smallest absolute Gasteiger partial charge is 0.253 e. The maximum absolute atomic E-state index is 13.2. The van der Waals surface area contributed by atoms with Crippen LogP contribution in [0, 0.1) is 5.82 Å². The second-order valence-corrected chi connectivity index (χ2v) is 9.40. The summed E-state index contributed by atoms with van der Waals surface area (Å²) in [4.78, 5) is 17.0. The van der Waals surface area contributed by atoms with Crippen molar-refractivity contribution in [3.8, 4) is 5.69 Å². The Hall–Kier alpha value is -3.67. The third-order valence-electron chi connectivity index (χ3n) is 5.13. The molecule has 0 aliphatic rings. The van der Waals surface area contributed by atoms with Gasteiger partial charge in [-0.3, -0.25) is 9.78 Å². The van der Waals surface area contributed by atoms with E-state index in [1.54, 1.807) is 48.3 Å². The predicted molar refractivity (Wildman–Crippen MR) is 123 cm³/mol. The summed E-state index contributed by atoms with van der Waals surface area (Å²) < 4.78 is 41.8. The maximum Gasteiger partial charge on any atom is 0.253 e. The highest BCUT2D eigenvalue weighted by molar-refractivity contribution is 7.89. The molecule has 0 aliphatic heterocycles. The van der Waals surface area contributed by atoms with Gasteiger partial charge >= 0.3 is 0 Å². The Labute approximate surface area is 195 Å². The minimum absolute atomic E-state index is 0.0602. The SMILES string of the molecule is CC(CO)NS(=O)(=O)c1ccc(CNC(=O)c2cncc3c2cnn3-c2ccc(F)cc2)cc1. The number of benzene rings is 2. The molecule has 0 fully saturated rings. The summed E-state index contributed by atoms with van der Waals surface area (Å²) >= 11 is 0. The number of aromatic nitrogens is 3. The molecule has 0 saturated heterocycles. The lowest BCUT2D eigenvalue weighted by molar-refractivity contribution is 0.0952. The van der Waals surface area contributed by atoms with Crippen molar-refractivity contribution in [1.82, 2.24) is 24.8 Å².